The molecule has 2 rings (SSSR count). The topological polar surface area (TPSA) is 29.1 Å². The van der Waals surface area contributed by atoms with Crippen LogP contribution in [0.2, 0.25) is 0 Å². The second kappa shape index (κ2) is 6.48. The molecular weight excluding hydrogens is 321 g/mol. The third kappa shape index (κ3) is 3.78. The zero-order valence-corrected chi connectivity index (χ0v) is 12.4. The van der Waals surface area contributed by atoms with Crippen LogP contribution in [0.25, 0.3) is 0 Å². The first-order chi connectivity index (χ1) is 9.56. The maximum Gasteiger partial charge on any atom is 0.187 e. The van der Waals surface area contributed by atoms with Crippen molar-refractivity contribution in [3.63, 3.8) is 0 Å². The first kappa shape index (κ1) is 14.5. The first-order valence-electron chi connectivity index (χ1n) is 6.06. The highest BCUT2D eigenvalue weighted by atomic mass is 79.9. The summed E-state index contributed by atoms with van der Waals surface area (Å²) >= 11 is 3.32. The second-order valence-electron chi connectivity index (χ2n) is 4.30. The van der Waals surface area contributed by atoms with E-state index >= 15 is 0 Å². The van der Waals surface area contributed by atoms with E-state index in [-0.39, 0.29) is 11.6 Å². The molecule has 4 heteroatoms. The molecule has 102 valence electrons. The van der Waals surface area contributed by atoms with E-state index in [9.17, 15) is 9.18 Å². The van der Waals surface area contributed by atoms with Gasteiger partial charge in [-0.25, -0.2) is 4.39 Å². The lowest BCUT2D eigenvalue weighted by Crippen LogP contribution is -2.02. The van der Waals surface area contributed by atoms with Gasteiger partial charge in [-0.15, -0.1) is 0 Å². The van der Waals surface area contributed by atoms with Crippen molar-refractivity contribution in [2.24, 2.45) is 0 Å². The van der Waals surface area contributed by atoms with Gasteiger partial charge in [-0.1, -0.05) is 28.1 Å². The minimum atomic E-state index is -0.351. The summed E-state index contributed by atoms with van der Waals surface area (Å²) < 4.78 is 14.4. The number of benzene rings is 2. The predicted molar refractivity (Wildman–Crippen MR) is 82.3 cm³/mol. The van der Waals surface area contributed by atoms with E-state index in [2.05, 4.69) is 21.2 Å². The molecule has 1 N–H and O–H groups in total. The molecule has 0 atom stereocenters. The normalized spacial score (nSPS) is 11.2. The molecule has 0 aliphatic heterocycles. The number of hydrogen-bond donors (Lipinski definition) is 1. The summed E-state index contributed by atoms with van der Waals surface area (Å²) in [6.07, 6.45) is 1.45. The molecule has 0 heterocycles. The number of allylic oxidation sites excluding steroid dienone is 2. The first-order valence-corrected chi connectivity index (χ1v) is 6.85. The zero-order chi connectivity index (χ0) is 14.5. The van der Waals surface area contributed by atoms with Crippen LogP contribution in [0.4, 0.5) is 10.1 Å². The lowest BCUT2D eigenvalue weighted by molar-refractivity contribution is 0.104. The van der Waals surface area contributed by atoms with Gasteiger partial charge in [0.25, 0.3) is 0 Å². The number of hydrogen-bond acceptors (Lipinski definition) is 2. The highest BCUT2D eigenvalue weighted by molar-refractivity contribution is 9.10. The van der Waals surface area contributed by atoms with E-state index in [1.54, 1.807) is 49.4 Å². The average Bonchev–Trinajstić information content (AvgIpc) is 2.42. The van der Waals surface area contributed by atoms with E-state index in [0.29, 0.717) is 16.9 Å². The molecule has 0 saturated heterocycles. The summed E-state index contributed by atoms with van der Waals surface area (Å²) in [5, 5.41) is 2.88. The van der Waals surface area contributed by atoms with Crippen LogP contribution in [0.3, 0.4) is 0 Å². The summed E-state index contributed by atoms with van der Waals surface area (Å²) in [5.41, 5.74) is 1.52. The average molecular weight is 334 g/mol. The number of ketones is 1. The SMILES string of the molecule is CC(=CC(=O)c1ccc(Br)cc1)Nc1ccccc1F. The smallest absolute Gasteiger partial charge is 0.187 e. The summed E-state index contributed by atoms with van der Waals surface area (Å²) in [7, 11) is 0. The number of carbonyl (C=O) groups is 1. The van der Waals surface area contributed by atoms with Crippen LogP contribution in [0.15, 0.2) is 64.8 Å². The predicted octanol–water partition coefficient (Wildman–Crippen LogP) is 4.79. The fourth-order valence-corrected chi connectivity index (χ4v) is 1.97. The second-order valence-corrected chi connectivity index (χ2v) is 5.22. The zero-order valence-electron chi connectivity index (χ0n) is 10.9. The highest BCUT2D eigenvalue weighted by Gasteiger charge is 2.04. The van der Waals surface area contributed by atoms with Crippen LogP contribution in [0.1, 0.15) is 17.3 Å². The molecule has 20 heavy (non-hydrogen) atoms. The van der Waals surface area contributed by atoms with Crippen LogP contribution in [-0.4, -0.2) is 5.78 Å². The number of halogens is 2. The van der Waals surface area contributed by atoms with E-state index < -0.39 is 0 Å². The molecule has 0 fully saturated rings. The van der Waals surface area contributed by atoms with Crippen molar-refractivity contribution in [3.8, 4) is 0 Å². The van der Waals surface area contributed by atoms with Gasteiger partial charge >= 0.3 is 0 Å². The highest BCUT2D eigenvalue weighted by Crippen LogP contribution is 2.16. The van der Waals surface area contributed by atoms with Gasteiger partial charge in [0, 0.05) is 21.8 Å². The Bertz CT molecular complexity index is 650. The number of para-hydroxylation sites is 1. The maximum atomic E-state index is 13.5. The van der Waals surface area contributed by atoms with Gasteiger partial charge < -0.3 is 5.32 Å². The van der Waals surface area contributed by atoms with E-state index in [4.69, 9.17) is 0 Å². The molecule has 0 aliphatic carbocycles. The molecule has 0 bridgehead atoms. The largest absolute Gasteiger partial charge is 0.357 e. The Morgan fingerprint density at radius 2 is 1.80 bits per heavy atom. The Labute approximate surface area is 125 Å². The van der Waals surface area contributed by atoms with Crippen molar-refractivity contribution in [1.29, 1.82) is 0 Å². The van der Waals surface area contributed by atoms with Crippen molar-refractivity contribution in [2.75, 3.05) is 5.32 Å². The maximum absolute atomic E-state index is 13.5. The number of nitrogens with one attached hydrogen (secondary N) is 1. The van der Waals surface area contributed by atoms with Crippen molar-refractivity contribution in [2.45, 2.75) is 6.92 Å². The summed E-state index contributed by atoms with van der Waals surface area (Å²) in [6, 6.07) is 13.4. The van der Waals surface area contributed by atoms with E-state index in [0.717, 1.165) is 4.47 Å². The van der Waals surface area contributed by atoms with Gasteiger partial charge in [0.1, 0.15) is 5.82 Å². The van der Waals surface area contributed by atoms with Crippen LogP contribution >= 0.6 is 15.9 Å². The van der Waals surface area contributed by atoms with Crippen molar-refractivity contribution in [3.05, 3.63) is 76.2 Å². The Morgan fingerprint density at radius 1 is 1.15 bits per heavy atom. The fourth-order valence-electron chi connectivity index (χ4n) is 1.71. The molecular formula is C16H13BrFNO. The molecule has 0 aromatic heterocycles. The van der Waals surface area contributed by atoms with Crippen molar-refractivity contribution in [1.82, 2.24) is 0 Å². The summed E-state index contributed by atoms with van der Waals surface area (Å²) in [5.74, 6) is -0.477. The minimum absolute atomic E-state index is 0.126. The Hall–Kier alpha value is -1.94. The Kier molecular flexibility index (Phi) is 4.69. The molecule has 0 unspecified atom stereocenters. The third-order valence-electron chi connectivity index (χ3n) is 2.68. The van der Waals surface area contributed by atoms with Crippen LogP contribution in [0, 0.1) is 5.82 Å². The van der Waals surface area contributed by atoms with Gasteiger partial charge in [0.2, 0.25) is 0 Å². The molecule has 0 amide bonds. The van der Waals surface area contributed by atoms with E-state index in [1.807, 2.05) is 0 Å². The number of carbonyl (C=O) groups excluding carboxylic acids is 1. The molecule has 0 spiro atoms. The van der Waals surface area contributed by atoms with Gasteiger partial charge in [-0.2, -0.15) is 0 Å². The van der Waals surface area contributed by atoms with E-state index in [1.165, 1.54) is 12.1 Å². The summed E-state index contributed by atoms with van der Waals surface area (Å²) in [4.78, 5) is 12.0. The number of anilines is 1. The Morgan fingerprint density at radius 3 is 2.45 bits per heavy atom. The van der Waals surface area contributed by atoms with Crippen LogP contribution < -0.4 is 5.32 Å². The quantitative estimate of drug-likeness (QED) is 0.644. The molecule has 2 aromatic rings. The van der Waals surface area contributed by atoms with Gasteiger partial charge in [-0.05, 0) is 43.3 Å². The van der Waals surface area contributed by atoms with Gasteiger partial charge in [-0.3, -0.25) is 4.79 Å². The lowest BCUT2D eigenvalue weighted by Gasteiger charge is -2.07. The molecule has 0 aliphatic rings. The minimum Gasteiger partial charge on any atom is -0.357 e. The van der Waals surface area contributed by atoms with Crippen LogP contribution in [-0.2, 0) is 0 Å². The van der Waals surface area contributed by atoms with Gasteiger partial charge in [0.15, 0.2) is 5.78 Å². The molecule has 0 radical (unpaired) electrons. The lowest BCUT2D eigenvalue weighted by atomic mass is 10.1. The summed E-state index contributed by atoms with van der Waals surface area (Å²) in [6.45, 7) is 1.73. The van der Waals surface area contributed by atoms with Crippen molar-refractivity contribution < 1.29 is 9.18 Å². The standard InChI is InChI=1S/C16H13BrFNO/c1-11(19-15-5-3-2-4-14(15)18)10-16(20)12-6-8-13(17)9-7-12/h2-10,19H,1H3. The number of rotatable bonds is 4. The monoisotopic (exact) mass is 333 g/mol. The van der Waals surface area contributed by atoms with Crippen LogP contribution in [0.5, 0.6) is 0 Å². The fraction of sp³-hybridized carbons (Fsp3) is 0.0625. The molecule has 2 nitrogen and oxygen atoms in total. The molecule has 0 saturated carbocycles. The van der Waals surface area contributed by atoms with Gasteiger partial charge in [0.05, 0.1) is 5.69 Å². The molecule has 2 aromatic carbocycles. The third-order valence-corrected chi connectivity index (χ3v) is 3.21. The Balaban J connectivity index is 2.12. The van der Waals surface area contributed by atoms with Crippen molar-refractivity contribution >= 4 is 27.4 Å².